The van der Waals surface area contributed by atoms with E-state index in [1.807, 2.05) is 12.1 Å². The topological polar surface area (TPSA) is 109 Å². The third kappa shape index (κ3) is 4.44. The zero-order valence-corrected chi connectivity index (χ0v) is 15.0. The second-order valence-electron chi connectivity index (χ2n) is 5.64. The first kappa shape index (κ1) is 18.9. The lowest BCUT2D eigenvalue weighted by Crippen LogP contribution is -2.13. The molecule has 1 amide bonds. The second kappa shape index (κ2) is 8.20. The van der Waals surface area contributed by atoms with Gasteiger partial charge >= 0.3 is 0 Å². The lowest BCUT2D eigenvalue weighted by Gasteiger charge is -2.03. The van der Waals surface area contributed by atoms with Crippen molar-refractivity contribution in [3.63, 3.8) is 0 Å². The van der Waals surface area contributed by atoms with Gasteiger partial charge in [-0.2, -0.15) is 5.26 Å². The Morgan fingerprint density at radius 1 is 1.18 bits per heavy atom. The number of hydrogen-bond donors (Lipinski definition) is 1. The van der Waals surface area contributed by atoms with Crippen LogP contribution >= 0.6 is 11.6 Å². The van der Waals surface area contributed by atoms with Crippen molar-refractivity contribution in [2.45, 2.75) is 0 Å². The summed E-state index contributed by atoms with van der Waals surface area (Å²) >= 11 is 5.97. The Morgan fingerprint density at radius 2 is 1.93 bits per heavy atom. The molecule has 1 aromatic heterocycles. The van der Waals surface area contributed by atoms with E-state index in [2.05, 4.69) is 5.32 Å². The second-order valence-corrected chi connectivity index (χ2v) is 6.08. The first-order valence-electron chi connectivity index (χ1n) is 7.99. The Bertz CT molecular complexity index is 1110. The molecule has 0 atom stereocenters. The summed E-state index contributed by atoms with van der Waals surface area (Å²) in [4.78, 5) is 22.4. The maximum atomic E-state index is 12.3. The molecule has 0 bridgehead atoms. The molecule has 1 N–H and O–H groups in total. The van der Waals surface area contributed by atoms with E-state index in [4.69, 9.17) is 16.0 Å². The summed E-state index contributed by atoms with van der Waals surface area (Å²) in [5.74, 6) is 0.212. The van der Waals surface area contributed by atoms with Crippen LogP contribution in [-0.4, -0.2) is 10.8 Å². The van der Waals surface area contributed by atoms with Crippen molar-refractivity contribution in [3.8, 4) is 17.4 Å². The fourth-order valence-corrected chi connectivity index (χ4v) is 2.57. The number of carbonyl (C=O) groups excluding carboxylic acids is 1. The molecule has 138 valence electrons. The molecule has 0 saturated carbocycles. The number of nitrogens with zero attached hydrogens (tertiary/aromatic N) is 2. The first-order valence-corrected chi connectivity index (χ1v) is 8.37. The highest BCUT2D eigenvalue weighted by Gasteiger charge is 2.12. The molecule has 0 unspecified atom stereocenters. The maximum Gasteiger partial charge on any atom is 0.269 e. The standard InChI is InChI=1S/C20H12ClN3O4/c21-15-3-1-2-13(10-15)19-9-8-18(28-19)11-14(12-22)20(25)23-16-4-6-17(7-5-16)24(26)27/h1-11H,(H,23,25)/b14-11+. The summed E-state index contributed by atoms with van der Waals surface area (Å²) in [7, 11) is 0. The number of hydrogen-bond acceptors (Lipinski definition) is 5. The molecular weight excluding hydrogens is 382 g/mol. The molecule has 0 aliphatic heterocycles. The van der Waals surface area contributed by atoms with E-state index in [1.54, 1.807) is 30.3 Å². The molecule has 0 spiro atoms. The molecule has 3 rings (SSSR count). The number of amides is 1. The summed E-state index contributed by atoms with van der Waals surface area (Å²) in [5, 5.41) is 23.0. The lowest BCUT2D eigenvalue weighted by molar-refractivity contribution is -0.384. The maximum absolute atomic E-state index is 12.3. The van der Waals surface area contributed by atoms with Crippen LogP contribution in [0.3, 0.4) is 0 Å². The molecule has 28 heavy (non-hydrogen) atoms. The monoisotopic (exact) mass is 393 g/mol. The number of halogens is 1. The third-order valence-corrected chi connectivity index (χ3v) is 3.96. The lowest BCUT2D eigenvalue weighted by atomic mass is 10.2. The van der Waals surface area contributed by atoms with Gasteiger partial charge in [-0.1, -0.05) is 23.7 Å². The van der Waals surface area contributed by atoms with E-state index in [1.165, 1.54) is 30.3 Å². The van der Waals surface area contributed by atoms with Gasteiger partial charge in [-0.25, -0.2) is 0 Å². The highest BCUT2D eigenvalue weighted by atomic mass is 35.5. The van der Waals surface area contributed by atoms with Crippen molar-refractivity contribution >= 4 is 35.0 Å². The Morgan fingerprint density at radius 3 is 2.57 bits per heavy atom. The highest BCUT2D eigenvalue weighted by molar-refractivity contribution is 6.30. The largest absolute Gasteiger partial charge is 0.457 e. The molecule has 0 fully saturated rings. The molecule has 8 heteroatoms. The van der Waals surface area contributed by atoms with E-state index >= 15 is 0 Å². The summed E-state index contributed by atoms with van der Waals surface area (Å²) in [6.45, 7) is 0. The Labute approximate surface area is 164 Å². The van der Waals surface area contributed by atoms with Crippen molar-refractivity contribution in [2.75, 3.05) is 5.32 Å². The van der Waals surface area contributed by atoms with Gasteiger partial charge in [-0.3, -0.25) is 14.9 Å². The molecule has 0 radical (unpaired) electrons. The van der Waals surface area contributed by atoms with Crippen molar-refractivity contribution in [1.82, 2.24) is 0 Å². The number of nitro groups is 1. The number of carbonyl (C=O) groups is 1. The van der Waals surface area contributed by atoms with E-state index in [-0.39, 0.29) is 11.3 Å². The van der Waals surface area contributed by atoms with Crippen molar-refractivity contribution in [1.29, 1.82) is 5.26 Å². The molecular formula is C20H12ClN3O4. The van der Waals surface area contributed by atoms with Crippen molar-refractivity contribution < 1.29 is 14.1 Å². The van der Waals surface area contributed by atoms with Crippen molar-refractivity contribution in [2.24, 2.45) is 0 Å². The van der Waals surface area contributed by atoms with Gasteiger partial charge in [0.25, 0.3) is 11.6 Å². The minimum atomic E-state index is -0.656. The SMILES string of the molecule is N#C/C(=C\c1ccc(-c2cccc(Cl)c2)o1)C(=O)Nc1ccc([N+](=O)[O-])cc1. The molecule has 2 aromatic carbocycles. The number of anilines is 1. The number of non-ortho nitro benzene ring substituents is 1. The predicted molar refractivity (Wildman–Crippen MR) is 104 cm³/mol. The van der Waals surface area contributed by atoms with Crippen LogP contribution in [0.4, 0.5) is 11.4 Å². The number of nitro benzene ring substituents is 1. The van der Waals surface area contributed by atoms with Crippen LogP contribution in [0, 0.1) is 21.4 Å². The van der Waals surface area contributed by atoms with Gasteiger partial charge in [0.15, 0.2) is 0 Å². The zero-order chi connectivity index (χ0) is 20.1. The fraction of sp³-hybridized carbons (Fsp3) is 0. The molecule has 1 heterocycles. The molecule has 0 saturated heterocycles. The Balaban J connectivity index is 1.77. The average molecular weight is 394 g/mol. The van der Waals surface area contributed by atoms with Crippen LogP contribution in [0.1, 0.15) is 5.76 Å². The quantitative estimate of drug-likeness (QED) is 0.282. The van der Waals surface area contributed by atoms with Crippen LogP contribution in [0.15, 0.2) is 70.7 Å². The predicted octanol–water partition coefficient (Wildman–Crippen LogP) is 5.05. The van der Waals surface area contributed by atoms with Crippen LogP contribution in [0.25, 0.3) is 17.4 Å². The summed E-state index contributed by atoms with van der Waals surface area (Å²) in [5.41, 5.74) is 0.820. The minimum Gasteiger partial charge on any atom is -0.457 e. The zero-order valence-electron chi connectivity index (χ0n) is 14.3. The van der Waals surface area contributed by atoms with Gasteiger partial charge in [0.1, 0.15) is 23.2 Å². The fourth-order valence-electron chi connectivity index (χ4n) is 2.38. The van der Waals surface area contributed by atoms with Crippen LogP contribution in [-0.2, 0) is 4.79 Å². The normalized spacial score (nSPS) is 10.9. The number of nitriles is 1. The van der Waals surface area contributed by atoms with E-state index in [9.17, 15) is 20.2 Å². The van der Waals surface area contributed by atoms with Gasteiger partial charge in [0.05, 0.1) is 4.92 Å². The van der Waals surface area contributed by atoms with E-state index < -0.39 is 10.8 Å². The van der Waals surface area contributed by atoms with Crippen molar-refractivity contribution in [3.05, 3.63) is 87.1 Å². The number of benzene rings is 2. The number of furan rings is 1. The molecule has 0 aliphatic carbocycles. The van der Waals surface area contributed by atoms with Crippen LogP contribution < -0.4 is 5.32 Å². The Kier molecular flexibility index (Phi) is 5.53. The smallest absolute Gasteiger partial charge is 0.269 e. The van der Waals surface area contributed by atoms with Gasteiger partial charge in [0.2, 0.25) is 0 Å². The molecule has 0 aliphatic rings. The third-order valence-electron chi connectivity index (χ3n) is 3.72. The van der Waals surface area contributed by atoms with Crippen LogP contribution in [0.2, 0.25) is 5.02 Å². The molecule has 3 aromatic rings. The van der Waals surface area contributed by atoms with Gasteiger partial charge in [-0.15, -0.1) is 0 Å². The van der Waals surface area contributed by atoms with Gasteiger partial charge in [-0.05, 0) is 36.4 Å². The average Bonchev–Trinajstić information content (AvgIpc) is 3.15. The molecule has 7 nitrogen and oxygen atoms in total. The Hall–Kier alpha value is -3.89. The minimum absolute atomic E-state index is 0.0989. The summed E-state index contributed by atoms with van der Waals surface area (Å²) in [6, 6.07) is 17.5. The van der Waals surface area contributed by atoms with Gasteiger partial charge in [0, 0.05) is 34.5 Å². The van der Waals surface area contributed by atoms with E-state index in [0.717, 1.165) is 5.56 Å². The highest BCUT2D eigenvalue weighted by Crippen LogP contribution is 2.26. The summed E-state index contributed by atoms with van der Waals surface area (Å²) in [6.07, 6.45) is 1.31. The first-order chi connectivity index (χ1) is 13.5. The van der Waals surface area contributed by atoms with Crippen LogP contribution in [0.5, 0.6) is 0 Å². The number of rotatable bonds is 5. The van der Waals surface area contributed by atoms with E-state index in [0.29, 0.717) is 22.2 Å². The summed E-state index contributed by atoms with van der Waals surface area (Å²) < 4.78 is 5.66. The number of nitrogens with one attached hydrogen (secondary N) is 1. The van der Waals surface area contributed by atoms with Gasteiger partial charge < -0.3 is 9.73 Å².